The Morgan fingerprint density at radius 2 is 2.41 bits per heavy atom. The number of aliphatic hydroxyl groups is 1. The van der Waals surface area contributed by atoms with E-state index in [4.69, 9.17) is 4.74 Å². The molecule has 0 aromatic carbocycles. The lowest BCUT2D eigenvalue weighted by Crippen LogP contribution is -2.36. The van der Waals surface area contributed by atoms with E-state index in [-0.39, 0.29) is 6.10 Å². The lowest BCUT2D eigenvalue weighted by molar-refractivity contribution is 0.0101. The van der Waals surface area contributed by atoms with Crippen LogP contribution in [0, 0.1) is 0 Å². The molecule has 0 spiro atoms. The third-order valence-electron chi connectivity index (χ3n) is 3.05. The minimum Gasteiger partial charge on any atom is -0.389 e. The molecule has 0 bridgehead atoms. The normalized spacial score (nSPS) is 17.6. The van der Waals surface area contributed by atoms with E-state index in [1.54, 1.807) is 11.3 Å². The van der Waals surface area contributed by atoms with Gasteiger partial charge < -0.3 is 9.84 Å². The quantitative estimate of drug-likeness (QED) is 0.772. The van der Waals surface area contributed by atoms with Gasteiger partial charge in [-0.2, -0.15) is 0 Å². The van der Waals surface area contributed by atoms with Crippen LogP contribution in [0.4, 0.5) is 0 Å². The van der Waals surface area contributed by atoms with Crippen LogP contribution < -0.4 is 0 Å². The van der Waals surface area contributed by atoms with Crippen LogP contribution in [0.25, 0.3) is 0 Å². The van der Waals surface area contributed by atoms with Gasteiger partial charge in [0.25, 0.3) is 0 Å². The maximum absolute atomic E-state index is 9.89. The monoisotopic (exact) mass is 255 g/mol. The Kier molecular flexibility index (Phi) is 4.98. The van der Waals surface area contributed by atoms with Gasteiger partial charge in [0, 0.05) is 17.5 Å². The highest BCUT2D eigenvalue weighted by Gasteiger charge is 2.28. The van der Waals surface area contributed by atoms with Crippen LogP contribution in [0.5, 0.6) is 0 Å². The zero-order chi connectivity index (χ0) is 12.1. The largest absolute Gasteiger partial charge is 0.389 e. The Morgan fingerprint density at radius 1 is 1.59 bits per heavy atom. The highest BCUT2D eigenvalue weighted by atomic mass is 32.1. The number of ether oxygens (including phenoxy) is 1. The van der Waals surface area contributed by atoms with Crippen LogP contribution in [-0.4, -0.2) is 41.8 Å². The van der Waals surface area contributed by atoms with Gasteiger partial charge in [0.05, 0.1) is 19.3 Å². The van der Waals surface area contributed by atoms with Gasteiger partial charge in [-0.3, -0.25) is 4.90 Å². The third-order valence-corrected chi connectivity index (χ3v) is 3.90. The molecule has 1 heterocycles. The minimum atomic E-state index is -0.365. The van der Waals surface area contributed by atoms with E-state index in [2.05, 4.69) is 17.9 Å². The smallest absolute Gasteiger partial charge is 0.0900 e. The SMILES string of the molecule is CCN(CC(O)COCc1cccs1)C1CC1. The maximum Gasteiger partial charge on any atom is 0.0900 e. The van der Waals surface area contributed by atoms with Crippen molar-refractivity contribution in [2.45, 2.75) is 38.5 Å². The average molecular weight is 255 g/mol. The Balaban J connectivity index is 1.61. The molecule has 1 aliphatic rings. The summed E-state index contributed by atoms with van der Waals surface area (Å²) in [4.78, 5) is 3.56. The second kappa shape index (κ2) is 6.50. The highest BCUT2D eigenvalue weighted by Crippen LogP contribution is 2.26. The summed E-state index contributed by atoms with van der Waals surface area (Å²) in [6.45, 7) is 4.96. The highest BCUT2D eigenvalue weighted by molar-refractivity contribution is 7.09. The van der Waals surface area contributed by atoms with Gasteiger partial charge in [-0.25, -0.2) is 0 Å². The van der Waals surface area contributed by atoms with E-state index < -0.39 is 0 Å². The van der Waals surface area contributed by atoms with E-state index >= 15 is 0 Å². The molecule has 4 heteroatoms. The molecule has 1 unspecified atom stereocenters. The van der Waals surface area contributed by atoms with E-state index in [1.165, 1.54) is 17.7 Å². The Labute approximate surface area is 107 Å². The van der Waals surface area contributed by atoms with Gasteiger partial charge in [0.15, 0.2) is 0 Å². The summed E-state index contributed by atoms with van der Waals surface area (Å²) in [5, 5.41) is 11.9. The molecule has 0 saturated heterocycles. The van der Waals surface area contributed by atoms with Gasteiger partial charge in [0.2, 0.25) is 0 Å². The first kappa shape index (κ1) is 13.0. The van der Waals surface area contributed by atoms with Crippen molar-refractivity contribution in [1.82, 2.24) is 4.90 Å². The molecule has 0 amide bonds. The first-order chi connectivity index (χ1) is 8.29. The summed E-state index contributed by atoms with van der Waals surface area (Å²) in [6, 6.07) is 4.79. The molecular formula is C13H21NO2S. The fourth-order valence-corrected chi connectivity index (χ4v) is 2.63. The summed E-state index contributed by atoms with van der Waals surface area (Å²) in [6.07, 6.45) is 2.21. The van der Waals surface area contributed by atoms with Gasteiger partial charge in [-0.05, 0) is 30.8 Å². The lowest BCUT2D eigenvalue weighted by Gasteiger charge is -2.23. The lowest BCUT2D eigenvalue weighted by atomic mass is 10.3. The standard InChI is InChI=1S/C13H21NO2S/c1-2-14(11-5-6-11)8-12(15)9-16-10-13-4-3-7-17-13/h3-4,7,11-12,15H,2,5-6,8-10H2,1H3. The molecule has 2 rings (SSSR count). The fraction of sp³-hybridized carbons (Fsp3) is 0.692. The van der Waals surface area contributed by atoms with Gasteiger partial charge in [0.1, 0.15) is 0 Å². The van der Waals surface area contributed by atoms with E-state index in [0.29, 0.717) is 19.3 Å². The number of nitrogens with zero attached hydrogens (tertiary/aromatic N) is 1. The number of thiophene rings is 1. The van der Waals surface area contributed by atoms with E-state index in [1.807, 2.05) is 11.4 Å². The molecule has 0 aliphatic heterocycles. The first-order valence-corrected chi connectivity index (χ1v) is 7.19. The van der Waals surface area contributed by atoms with Crippen LogP contribution in [0.15, 0.2) is 17.5 Å². The molecule has 17 heavy (non-hydrogen) atoms. The molecule has 1 fully saturated rings. The molecule has 1 N–H and O–H groups in total. The number of aliphatic hydroxyl groups excluding tert-OH is 1. The Bertz CT molecular complexity index is 311. The van der Waals surface area contributed by atoms with E-state index in [0.717, 1.165) is 13.1 Å². The second-order valence-electron chi connectivity index (χ2n) is 4.57. The van der Waals surface area contributed by atoms with Gasteiger partial charge in [-0.1, -0.05) is 13.0 Å². The summed E-state index contributed by atoms with van der Waals surface area (Å²) in [5.74, 6) is 0. The number of likely N-dealkylation sites (N-methyl/N-ethyl adjacent to an activating group) is 1. The molecule has 0 radical (unpaired) electrons. The van der Waals surface area contributed by atoms with Crippen LogP contribution in [-0.2, 0) is 11.3 Å². The van der Waals surface area contributed by atoms with Crippen molar-refractivity contribution < 1.29 is 9.84 Å². The molecule has 1 aromatic rings. The van der Waals surface area contributed by atoms with Gasteiger partial charge >= 0.3 is 0 Å². The predicted octanol–water partition coefficient (Wildman–Crippen LogP) is 2.11. The molecule has 1 atom stereocenters. The molecular weight excluding hydrogens is 234 g/mol. The number of hydrogen-bond acceptors (Lipinski definition) is 4. The molecule has 1 saturated carbocycles. The maximum atomic E-state index is 9.89. The van der Waals surface area contributed by atoms with Crippen LogP contribution in [0.2, 0.25) is 0 Å². The first-order valence-electron chi connectivity index (χ1n) is 6.32. The van der Waals surface area contributed by atoms with Crippen molar-refractivity contribution in [3.63, 3.8) is 0 Å². The second-order valence-corrected chi connectivity index (χ2v) is 5.60. The zero-order valence-electron chi connectivity index (χ0n) is 10.3. The van der Waals surface area contributed by atoms with Gasteiger partial charge in [-0.15, -0.1) is 11.3 Å². The van der Waals surface area contributed by atoms with Crippen LogP contribution in [0.1, 0.15) is 24.6 Å². The topological polar surface area (TPSA) is 32.7 Å². The summed E-state index contributed by atoms with van der Waals surface area (Å²) in [7, 11) is 0. The number of rotatable bonds is 8. The summed E-state index contributed by atoms with van der Waals surface area (Å²) >= 11 is 1.69. The van der Waals surface area contributed by atoms with Crippen molar-refractivity contribution >= 4 is 11.3 Å². The third kappa shape index (κ3) is 4.39. The zero-order valence-corrected chi connectivity index (χ0v) is 11.2. The Morgan fingerprint density at radius 3 is 3.00 bits per heavy atom. The van der Waals surface area contributed by atoms with Crippen molar-refractivity contribution in [3.8, 4) is 0 Å². The van der Waals surface area contributed by atoms with E-state index in [9.17, 15) is 5.11 Å². The van der Waals surface area contributed by atoms with Crippen molar-refractivity contribution in [2.75, 3.05) is 19.7 Å². The number of hydrogen-bond donors (Lipinski definition) is 1. The molecule has 1 aromatic heterocycles. The average Bonchev–Trinajstić information content (AvgIpc) is 3.04. The van der Waals surface area contributed by atoms with Crippen LogP contribution in [0.3, 0.4) is 0 Å². The minimum absolute atomic E-state index is 0.365. The van der Waals surface area contributed by atoms with Crippen molar-refractivity contribution in [1.29, 1.82) is 0 Å². The molecule has 96 valence electrons. The summed E-state index contributed by atoms with van der Waals surface area (Å²) in [5.41, 5.74) is 0. The van der Waals surface area contributed by atoms with Crippen molar-refractivity contribution in [2.24, 2.45) is 0 Å². The fourth-order valence-electron chi connectivity index (χ4n) is 1.99. The Hall–Kier alpha value is -0.420. The van der Waals surface area contributed by atoms with Crippen LogP contribution >= 0.6 is 11.3 Å². The summed E-state index contributed by atoms with van der Waals surface area (Å²) < 4.78 is 5.52. The predicted molar refractivity (Wildman–Crippen MR) is 70.3 cm³/mol. The molecule has 1 aliphatic carbocycles. The van der Waals surface area contributed by atoms with Crippen molar-refractivity contribution in [3.05, 3.63) is 22.4 Å². The molecule has 3 nitrogen and oxygen atoms in total.